The van der Waals surface area contributed by atoms with E-state index in [-0.39, 0.29) is 29.7 Å². The maximum atomic E-state index is 9.98. The molecule has 142 valence electrons. The molecule has 0 radical (unpaired) electrons. The lowest BCUT2D eigenvalue weighted by Crippen LogP contribution is -2.46. The molecular weight excluding hydrogens is 431 g/mol. The number of nitrogens with zero attached hydrogens (tertiary/aromatic N) is 2. The Kier molecular flexibility index (Phi) is 8.78. The van der Waals surface area contributed by atoms with Gasteiger partial charge in [0.25, 0.3) is 0 Å². The lowest BCUT2D eigenvalue weighted by molar-refractivity contribution is 0.265. The molecule has 0 amide bonds. The number of nitrogens with one attached hydrogen (secondary N) is 2. The van der Waals surface area contributed by atoms with E-state index >= 15 is 0 Å². The summed E-state index contributed by atoms with van der Waals surface area (Å²) in [6, 6.07) is 6.15. The summed E-state index contributed by atoms with van der Waals surface area (Å²) in [6.45, 7) is 9.33. The van der Waals surface area contributed by atoms with Crippen LogP contribution in [0.2, 0.25) is 0 Å². The van der Waals surface area contributed by atoms with Crippen molar-refractivity contribution in [1.29, 1.82) is 0 Å². The summed E-state index contributed by atoms with van der Waals surface area (Å²) >= 11 is 0. The molecule has 0 aromatic heterocycles. The molecule has 1 heterocycles. The molecule has 2 atom stereocenters. The number of phenolic OH excluding ortho intramolecular Hbond substituents is 1. The van der Waals surface area contributed by atoms with Crippen LogP contribution in [0.3, 0.4) is 0 Å². The fraction of sp³-hybridized carbons (Fsp3) is 0.611. The zero-order chi connectivity index (χ0) is 17.7. The number of phenols is 1. The number of methoxy groups -OCH3 is 1. The lowest BCUT2D eigenvalue weighted by atomic mass is 10.1. The van der Waals surface area contributed by atoms with Crippen molar-refractivity contribution in [3.05, 3.63) is 23.8 Å². The van der Waals surface area contributed by atoms with Gasteiger partial charge in [-0.25, -0.2) is 0 Å². The zero-order valence-electron chi connectivity index (χ0n) is 15.7. The highest BCUT2D eigenvalue weighted by Crippen LogP contribution is 2.22. The molecule has 0 saturated carbocycles. The summed E-state index contributed by atoms with van der Waals surface area (Å²) in [5.41, 5.74) is 0.778. The van der Waals surface area contributed by atoms with E-state index in [0.717, 1.165) is 30.4 Å². The number of rotatable bonds is 5. The third-order valence-corrected chi connectivity index (χ3v) is 4.65. The molecule has 0 spiro atoms. The Balaban J connectivity index is 0.00000312. The van der Waals surface area contributed by atoms with E-state index < -0.39 is 0 Å². The van der Waals surface area contributed by atoms with Crippen LogP contribution >= 0.6 is 24.0 Å². The van der Waals surface area contributed by atoms with Crippen molar-refractivity contribution >= 4 is 29.9 Å². The Morgan fingerprint density at radius 3 is 2.68 bits per heavy atom. The van der Waals surface area contributed by atoms with E-state index in [4.69, 9.17) is 4.74 Å². The Bertz CT molecular complexity index is 580. The normalized spacial score (nSPS) is 21.1. The van der Waals surface area contributed by atoms with E-state index in [1.165, 1.54) is 0 Å². The first-order valence-electron chi connectivity index (χ1n) is 8.51. The fourth-order valence-electron chi connectivity index (χ4n) is 2.99. The molecule has 7 heteroatoms. The highest BCUT2D eigenvalue weighted by atomic mass is 127. The second-order valence-electron chi connectivity index (χ2n) is 6.70. The zero-order valence-corrected chi connectivity index (χ0v) is 18.1. The van der Waals surface area contributed by atoms with Gasteiger partial charge in [-0.2, -0.15) is 0 Å². The number of halogens is 1. The molecule has 2 rings (SSSR count). The molecule has 0 aliphatic carbocycles. The molecule has 3 N–H and O–H groups in total. The predicted molar refractivity (Wildman–Crippen MR) is 113 cm³/mol. The van der Waals surface area contributed by atoms with Gasteiger partial charge in [0.2, 0.25) is 0 Å². The van der Waals surface area contributed by atoms with Crippen molar-refractivity contribution < 1.29 is 9.84 Å². The first kappa shape index (κ1) is 21.8. The van der Waals surface area contributed by atoms with Gasteiger partial charge >= 0.3 is 0 Å². The largest absolute Gasteiger partial charge is 0.508 e. The third kappa shape index (κ3) is 5.91. The monoisotopic (exact) mass is 462 g/mol. The molecule has 1 aliphatic heterocycles. The Morgan fingerprint density at radius 1 is 1.40 bits per heavy atom. The number of benzene rings is 1. The Morgan fingerprint density at radius 2 is 2.12 bits per heavy atom. The topological polar surface area (TPSA) is 69.1 Å². The van der Waals surface area contributed by atoms with Gasteiger partial charge in [0, 0.05) is 44.3 Å². The second kappa shape index (κ2) is 10.1. The number of likely N-dealkylation sites (tertiary alicyclic amines) is 1. The van der Waals surface area contributed by atoms with E-state index in [2.05, 4.69) is 41.3 Å². The third-order valence-electron chi connectivity index (χ3n) is 4.65. The minimum Gasteiger partial charge on any atom is -0.508 e. The van der Waals surface area contributed by atoms with Crippen LogP contribution < -0.4 is 15.4 Å². The van der Waals surface area contributed by atoms with Crippen molar-refractivity contribution in [2.75, 3.05) is 27.2 Å². The van der Waals surface area contributed by atoms with Gasteiger partial charge in [-0.3, -0.25) is 9.89 Å². The van der Waals surface area contributed by atoms with Crippen molar-refractivity contribution in [3.63, 3.8) is 0 Å². The SMILES string of the molecule is CN=C(NCc1cc(OC)ccc1O)NC1CN(C(C)C)CC1C.I. The van der Waals surface area contributed by atoms with Crippen LogP contribution in [0, 0.1) is 5.92 Å². The minimum atomic E-state index is 0. The summed E-state index contributed by atoms with van der Waals surface area (Å²) < 4.78 is 5.21. The summed E-state index contributed by atoms with van der Waals surface area (Å²) in [4.78, 5) is 6.78. The maximum Gasteiger partial charge on any atom is 0.191 e. The molecule has 0 bridgehead atoms. The fourth-order valence-corrected chi connectivity index (χ4v) is 2.99. The molecule has 1 aromatic carbocycles. The van der Waals surface area contributed by atoms with E-state index in [1.807, 2.05) is 6.07 Å². The van der Waals surface area contributed by atoms with Crippen LogP contribution in [0.4, 0.5) is 0 Å². The number of hydrogen-bond donors (Lipinski definition) is 3. The average molecular weight is 462 g/mol. The Hall–Kier alpha value is -1.22. The second-order valence-corrected chi connectivity index (χ2v) is 6.70. The van der Waals surface area contributed by atoms with Gasteiger partial charge in [-0.1, -0.05) is 6.92 Å². The maximum absolute atomic E-state index is 9.98. The van der Waals surface area contributed by atoms with Gasteiger partial charge in [0.1, 0.15) is 11.5 Å². The number of guanidine groups is 1. The van der Waals surface area contributed by atoms with Crippen LogP contribution in [-0.4, -0.2) is 55.3 Å². The summed E-state index contributed by atoms with van der Waals surface area (Å²) in [5.74, 6) is 2.29. The van der Waals surface area contributed by atoms with Gasteiger partial charge in [0.05, 0.1) is 7.11 Å². The van der Waals surface area contributed by atoms with Gasteiger partial charge in [-0.05, 0) is 38.0 Å². The van der Waals surface area contributed by atoms with Crippen LogP contribution in [0.5, 0.6) is 11.5 Å². The first-order chi connectivity index (χ1) is 11.4. The molecule has 1 aromatic rings. The Labute approximate surface area is 168 Å². The van der Waals surface area contributed by atoms with Crippen molar-refractivity contribution in [2.24, 2.45) is 10.9 Å². The summed E-state index contributed by atoms with van der Waals surface area (Å²) in [7, 11) is 3.38. The number of aliphatic imine (C=N–C) groups is 1. The number of ether oxygens (including phenoxy) is 1. The van der Waals surface area contributed by atoms with Crippen LogP contribution in [0.1, 0.15) is 26.3 Å². The quantitative estimate of drug-likeness (QED) is 0.356. The average Bonchev–Trinajstić information content (AvgIpc) is 2.93. The molecule has 2 unspecified atom stereocenters. The molecule has 1 fully saturated rings. The highest BCUT2D eigenvalue weighted by Gasteiger charge is 2.31. The van der Waals surface area contributed by atoms with Crippen LogP contribution in [0.15, 0.2) is 23.2 Å². The van der Waals surface area contributed by atoms with Gasteiger partial charge in [-0.15, -0.1) is 24.0 Å². The number of hydrogen-bond acceptors (Lipinski definition) is 4. The van der Waals surface area contributed by atoms with Crippen molar-refractivity contribution in [2.45, 2.75) is 39.4 Å². The first-order valence-corrected chi connectivity index (χ1v) is 8.51. The molecule has 6 nitrogen and oxygen atoms in total. The predicted octanol–water partition coefficient (Wildman–Crippen LogP) is 2.41. The van der Waals surface area contributed by atoms with E-state index in [0.29, 0.717) is 24.5 Å². The van der Waals surface area contributed by atoms with Crippen molar-refractivity contribution in [3.8, 4) is 11.5 Å². The smallest absolute Gasteiger partial charge is 0.191 e. The lowest BCUT2D eigenvalue weighted by Gasteiger charge is -2.22. The van der Waals surface area contributed by atoms with Crippen LogP contribution in [-0.2, 0) is 6.54 Å². The van der Waals surface area contributed by atoms with Crippen LogP contribution in [0.25, 0.3) is 0 Å². The number of aromatic hydroxyl groups is 1. The molecule has 1 saturated heterocycles. The van der Waals surface area contributed by atoms with Crippen molar-refractivity contribution in [1.82, 2.24) is 15.5 Å². The standard InChI is InChI=1S/C18H30N4O2.HI/c1-12(2)22-10-13(3)16(11-22)21-18(19-4)20-9-14-8-15(24-5)6-7-17(14)23;/h6-8,12-13,16,23H,9-11H2,1-5H3,(H2,19,20,21);1H. The molecule has 1 aliphatic rings. The highest BCUT2D eigenvalue weighted by molar-refractivity contribution is 14.0. The van der Waals surface area contributed by atoms with Gasteiger partial charge in [0.15, 0.2) is 5.96 Å². The van der Waals surface area contributed by atoms with Gasteiger partial charge < -0.3 is 20.5 Å². The minimum absolute atomic E-state index is 0. The molecular formula is C18H31IN4O2. The summed E-state index contributed by atoms with van der Waals surface area (Å²) in [5, 5.41) is 16.8. The molecule has 25 heavy (non-hydrogen) atoms. The van der Waals surface area contributed by atoms with E-state index in [9.17, 15) is 5.11 Å². The summed E-state index contributed by atoms with van der Waals surface area (Å²) in [6.07, 6.45) is 0. The van der Waals surface area contributed by atoms with E-state index in [1.54, 1.807) is 26.3 Å².